The summed E-state index contributed by atoms with van der Waals surface area (Å²) in [6.07, 6.45) is -0.676. The highest BCUT2D eigenvalue weighted by Crippen LogP contribution is 2.44. The lowest BCUT2D eigenvalue weighted by atomic mass is 10.0. The van der Waals surface area contributed by atoms with Gasteiger partial charge >= 0.3 is 5.97 Å². The Balaban J connectivity index is 1.32. The molecule has 36 heavy (non-hydrogen) atoms. The van der Waals surface area contributed by atoms with E-state index in [0.29, 0.717) is 17.9 Å². The van der Waals surface area contributed by atoms with E-state index < -0.39 is 11.9 Å². The number of benzene rings is 3. The molecule has 2 N–H and O–H groups in total. The fourth-order valence-electron chi connectivity index (χ4n) is 4.75. The maximum atomic E-state index is 14.5. The lowest BCUT2D eigenvalue weighted by Gasteiger charge is -2.19. The first-order valence-electron chi connectivity index (χ1n) is 11.8. The van der Waals surface area contributed by atoms with Gasteiger partial charge in [-0.05, 0) is 44.2 Å². The Kier molecular flexibility index (Phi) is 6.15. The molecule has 0 spiro atoms. The minimum Gasteiger partial charge on any atom is -0.489 e. The van der Waals surface area contributed by atoms with Crippen LogP contribution in [-0.4, -0.2) is 18.7 Å². The van der Waals surface area contributed by atoms with Crippen LogP contribution in [0.3, 0.4) is 0 Å². The number of fused-ring (bicyclic) bond motifs is 2. The molecule has 2 aliphatic rings. The average Bonchev–Trinajstić information content (AvgIpc) is 3.39. The third-order valence-corrected chi connectivity index (χ3v) is 6.48. The van der Waals surface area contributed by atoms with Crippen molar-refractivity contribution in [1.29, 1.82) is 5.26 Å². The Morgan fingerprint density at radius 2 is 2.03 bits per heavy atom. The molecule has 2 heterocycles. The third kappa shape index (κ3) is 4.40. The Morgan fingerprint density at radius 3 is 2.78 bits per heavy atom. The fraction of sp³-hybridized carbons (Fsp3) is 0.286. The van der Waals surface area contributed by atoms with Crippen LogP contribution in [0.5, 0.6) is 11.5 Å². The number of ether oxygens (including phenoxy) is 3. The summed E-state index contributed by atoms with van der Waals surface area (Å²) in [6, 6.07) is 17.6. The van der Waals surface area contributed by atoms with Crippen molar-refractivity contribution in [3.8, 4) is 17.6 Å². The van der Waals surface area contributed by atoms with E-state index in [-0.39, 0.29) is 29.7 Å². The molecule has 2 aliphatic heterocycles. The minimum atomic E-state index is -0.425. The first-order chi connectivity index (χ1) is 17.3. The van der Waals surface area contributed by atoms with Gasteiger partial charge in [0.2, 0.25) is 0 Å². The van der Waals surface area contributed by atoms with Crippen LogP contribution in [0.1, 0.15) is 61.2 Å². The van der Waals surface area contributed by atoms with Gasteiger partial charge in [0.1, 0.15) is 30.0 Å². The van der Waals surface area contributed by atoms with Crippen LogP contribution in [0, 0.1) is 17.1 Å². The second-order valence-corrected chi connectivity index (χ2v) is 9.05. The molecule has 8 heteroatoms. The van der Waals surface area contributed by atoms with E-state index >= 15 is 0 Å². The summed E-state index contributed by atoms with van der Waals surface area (Å²) in [4.78, 5) is 11.4. The number of nitriles is 1. The highest BCUT2D eigenvalue weighted by molar-refractivity contribution is 5.68. The highest BCUT2D eigenvalue weighted by Gasteiger charge is 2.34. The largest absolute Gasteiger partial charge is 0.489 e. The number of carbonyl (C=O) groups excluding carboxylic acids is 1. The van der Waals surface area contributed by atoms with Gasteiger partial charge in [-0.25, -0.2) is 4.39 Å². The molecule has 0 fully saturated rings. The Labute approximate surface area is 208 Å². The molecule has 0 amide bonds. The zero-order valence-electron chi connectivity index (χ0n) is 20.2. The van der Waals surface area contributed by atoms with Crippen LogP contribution < -0.4 is 20.1 Å². The quantitative estimate of drug-likeness (QED) is 0.425. The van der Waals surface area contributed by atoms with E-state index in [4.69, 9.17) is 19.5 Å². The first kappa shape index (κ1) is 23.5. The molecule has 0 saturated carbocycles. The van der Waals surface area contributed by atoms with Gasteiger partial charge in [0.15, 0.2) is 6.10 Å². The molecular weight excluding hydrogens is 461 g/mol. The van der Waals surface area contributed by atoms with Gasteiger partial charge in [0, 0.05) is 35.4 Å². The summed E-state index contributed by atoms with van der Waals surface area (Å²) < 4.78 is 31.9. The number of rotatable bonds is 6. The van der Waals surface area contributed by atoms with Gasteiger partial charge in [-0.15, -0.1) is 0 Å². The maximum Gasteiger partial charge on any atom is 0.303 e. The molecule has 3 aromatic carbocycles. The number of para-hydroxylation sites is 1. The number of nitrogens with one attached hydrogen (secondary N) is 2. The topological polar surface area (TPSA) is 92.6 Å². The van der Waals surface area contributed by atoms with Crippen molar-refractivity contribution in [2.75, 3.05) is 17.2 Å². The van der Waals surface area contributed by atoms with E-state index in [1.807, 2.05) is 56.3 Å². The molecule has 0 aromatic heterocycles. The van der Waals surface area contributed by atoms with Crippen molar-refractivity contribution in [3.05, 3.63) is 82.7 Å². The monoisotopic (exact) mass is 487 g/mol. The Morgan fingerprint density at radius 1 is 1.19 bits per heavy atom. The van der Waals surface area contributed by atoms with E-state index in [0.717, 1.165) is 28.3 Å². The minimum absolute atomic E-state index is 0.0927. The number of hydrogen-bond acceptors (Lipinski definition) is 7. The van der Waals surface area contributed by atoms with E-state index in [2.05, 4.69) is 10.6 Å². The molecule has 7 nitrogen and oxygen atoms in total. The SMILES string of the molecule is CC(=O)O[C@H]1c2ccc(N[C@@H]3COc4c(NC(C)c5ccc(C#N)cc5F)cccc43)cc2OC1C. The van der Waals surface area contributed by atoms with Crippen LogP contribution >= 0.6 is 0 Å². The van der Waals surface area contributed by atoms with E-state index in [1.54, 1.807) is 12.1 Å². The first-order valence-corrected chi connectivity index (χ1v) is 11.8. The van der Waals surface area contributed by atoms with E-state index in [1.165, 1.54) is 13.0 Å². The van der Waals surface area contributed by atoms with Gasteiger partial charge in [0.25, 0.3) is 0 Å². The Bertz CT molecular complexity index is 1370. The highest BCUT2D eigenvalue weighted by atomic mass is 19.1. The number of nitrogens with zero attached hydrogens (tertiary/aromatic N) is 1. The summed E-state index contributed by atoms with van der Waals surface area (Å²) in [5.74, 6) is 0.639. The molecule has 5 rings (SSSR count). The molecule has 0 aliphatic carbocycles. The van der Waals surface area contributed by atoms with Gasteiger partial charge in [-0.1, -0.05) is 18.2 Å². The zero-order chi connectivity index (χ0) is 25.4. The molecular formula is C28H26FN3O4. The van der Waals surface area contributed by atoms with Gasteiger partial charge < -0.3 is 24.8 Å². The number of esters is 1. The van der Waals surface area contributed by atoms with Crippen molar-refractivity contribution in [2.24, 2.45) is 0 Å². The van der Waals surface area contributed by atoms with Crippen LogP contribution in [0.25, 0.3) is 0 Å². The number of halogens is 1. The molecule has 2 unspecified atom stereocenters. The maximum absolute atomic E-state index is 14.5. The lowest BCUT2D eigenvalue weighted by molar-refractivity contribution is -0.149. The van der Waals surface area contributed by atoms with Crippen molar-refractivity contribution >= 4 is 17.3 Å². The number of carbonyl (C=O) groups is 1. The smallest absolute Gasteiger partial charge is 0.303 e. The summed E-state index contributed by atoms with van der Waals surface area (Å²) in [7, 11) is 0. The average molecular weight is 488 g/mol. The normalized spacial score (nSPS) is 20.2. The fourth-order valence-corrected chi connectivity index (χ4v) is 4.75. The summed E-state index contributed by atoms with van der Waals surface area (Å²) in [6.45, 7) is 5.56. The van der Waals surface area contributed by atoms with E-state index in [9.17, 15) is 9.18 Å². The molecule has 0 saturated heterocycles. The summed E-state index contributed by atoms with van der Waals surface area (Å²) in [5.41, 5.74) is 4.22. The van der Waals surface area contributed by atoms with Gasteiger partial charge in [-0.2, -0.15) is 5.26 Å². The third-order valence-electron chi connectivity index (χ3n) is 6.48. The molecule has 4 atom stereocenters. The molecule has 0 radical (unpaired) electrons. The Hall–Kier alpha value is -4.25. The van der Waals surface area contributed by atoms with Crippen molar-refractivity contribution in [1.82, 2.24) is 0 Å². The van der Waals surface area contributed by atoms with Crippen molar-refractivity contribution < 1.29 is 23.4 Å². The number of anilines is 2. The second-order valence-electron chi connectivity index (χ2n) is 9.05. The standard InChI is InChI=1S/C28H26FN3O4/c1-15(20-9-7-18(13-30)11-23(20)29)31-24-6-4-5-21-25(14-34-28(21)24)32-19-8-10-22-26(12-19)35-16(2)27(22)36-17(3)33/h4-12,15-16,25,27,31-32H,14H2,1-3H3/t15?,16?,25-,27-/m1/s1. The molecule has 0 bridgehead atoms. The second kappa shape index (κ2) is 9.42. The summed E-state index contributed by atoms with van der Waals surface area (Å²) in [5, 5.41) is 15.8. The van der Waals surface area contributed by atoms with Crippen LogP contribution in [0.2, 0.25) is 0 Å². The predicted molar refractivity (Wildman–Crippen MR) is 132 cm³/mol. The van der Waals surface area contributed by atoms with Gasteiger partial charge in [-0.3, -0.25) is 4.79 Å². The zero-order valence-corrected chi connectivity index (χ0v) is 20.2. The lowest BCUT2D eigenvalue weighted by Crippen LogP contribution is -2.18. The predicted octanol–water partition coefficient (Wildman–Crippen LogP) is 5.80. The van der Waals surface area contributed by atoms with Crippen molar-refractivity contribution in [3.63, 3.8) is 0 Å². The van der Waals surface area contributed by atoms with Gasteiger partial charge in [0.05, 0.1) is 29.4 Å². The van der Waals surface area contributed by atoms with Crippen LogP contribution in [-0.2, 0) is 9.53 Å². The van der Waals surface area contributed by atoms with Crippen molar-refractivity contribution in [2.45, 2.75) is 45.1 Å². The van der Waals surface area contributed by atoms with Crippen LogP contribution in [0.15, 0.2) is 54.6 Å². The number of hydrogen-bond donors (Lipinski definition) is 2. The molecule has 184 valence electrons. The van der Waals surface area contributed by atoms with Crippen LogP contribution in [0.4, 0.5) is 15.8 Å². The molecule has 3 aromatic rings. The summed E-state index contributed by atoms with van der Waals surface area (Å²) >= 11 is 0.